The predicted molar refractivity (Wildman–Crippen MR) is 82.3 cm³/mol. The molecular weight excluding hydrogens is 321 g/mol. The van der Waals surface area contributed by atoms with Gasteiger partial charge in [-0.25, -0.2) is 0 Å². The molecule has 108 valence electrons. The minimum Gasteiger partial charge on any atom is -0.469 e. The second-order valence-corrected chi connectivity index (χ2v) is 6.25. The fourth-order valence-electron chi connectivity index (χ4n) is 1.70. The van der Waals surface area contributed by atoms with E-state index in [2.05, 4.69) is 14.0 Å². The maximum atomic E-state index is 11.7. The molecule has 0 aliphatic carbocycles. The molecule has 0 saturated carbocycles. The van der Waals surface area contributed by atoms with Crippen molar-refractivity contribution in [3.8, 4) is 0 Å². The topological polar surface area (TPSA) is 63.0 Å². The van der Waals surface area contributed by atoms with Crippen LogP contribution in [0.2, 0.25) is 10.0 Å². The first-order valence-electron chi connectivity index (χ1n) is 5.79. The Hall–Kier alpha value is -1.11. The van der Waals surface area contributed by atoms with Crippen molar-refractivity contribution in [2.24, 2.45) is 14.1 Å². The third-order valence-electron chi connectivity index (χ3n) is 2.89. The van der Waals surface area contributed by atoms with Gasteiger partial charge in [-0.05, 0) is 19.9 Å². The van der Waals surface area contributed by atoms with Gasteiger partial charge < -0.3 is 10.1 Å². The zero-order valence-corrected chi connectivity index (χ0v) is 13.5. The zero-order chi connectivity index (χ0) is 14.9. The summed E-state index contributed by atoms with van der Waals surface area (Å²) in [4.78, 5) is 11.7. The number of rotatable bonds is 4. The van der Waals surface area contributed by atoms with Crippen LogP contribution in [0.5, 0.6) is 0 Å². The molecule has 0 aromatic heterocycles. The minimum atomic E-state index is -0.687. The van der Waals surface area contributed by atoms with Gasteiger partial charge in [0.1, 0.15) is 11.4 Å². The summed E-state index contributed by atoms with van der Waals surface area (Å²) in [6, 6.07) is 1.61. The molecule has 0 atom stereocenters. The molecular formula is C12H13Cl2N3O2S. The molecule has 1 aliphatic heterocycles. The second kappa shape index (κ2) is 5.71. The highest BCUT2D eigenvalue weighted by atomic mass is 35.5. The van der Waals surface area contributed by atoms with Crippen molar-refractivity contribution >= 4 is 57.6 Å². The van der Waals surface area contributed by atoms with Crippen molar-refractivity contribution in [2.45, 2.75) is 13.8 Å². The van der Waals surface area contributed by atoms with Crippen molar-refractivity contribution in [1.29, 1.82) is 0 Å². The maximum Gasteiger partial charge on any atom is 0.313 e. The lowest BCUT2D eigenvalue weighted by atomic mass is 9.93. The van der Waals surface area contributed by atoms with E-state index < -0.39 is 5.41 Å². The number of ether oxygens (including phenoxy) is 1. The van der Waals surface area contributed by atoms with E-state index in [1.54, 1.807) is 19.9 Å². The van der Waals surface area contributed by atoms with Gasteiger partial charge in [0.15, 0.2) is 0 Å². The van der Waals surface area contributed by atoms with Gasteiger partial charge >= 0.3 is 5.97 Å². The Labute approximate surface area is 130 Å². The Morgan fingerprint density at radius 1 is 1.35 bits per heavy atom. The van der Waals surface area contributed by atoms with Crippen molar-refractivity contribution in [3.63, 3.8) is 0 Å². The van der Waals surface area contributed by atoms with Crippen LogP contribution in [-0.4, -0.2) is 19.6 Å². The van der Waals surface area contributed by atoms with Crippen LogP contribution in [-0.2, 0) is 20.9 Å². The van der Waals surface area contributed by atoms with Crippen LogP contribution >= 0.6 is 23.2 Å². The van der Waals surface area contributed by atoms with Crippen LogP contribution in [0.3, 0.4) is 0 Å². The van der Waals surface area contributed by atoms with Crippen LogP contribution < -0.4 is 5.32 Å². The van der Waals surface area contributed by atoms with E-state index in [1.807, 2.05) is 0 Å². The molecule has 2 rings (SSSR count). The lowest BCUT2D eigenvalue weighted by Crippen LogP contribution is -2.33. The Kier molecular flexibility index (Phi) is 4.36. The SMILES string of the molecule is COC(=O)C(C)(C)CNc1c(Cl)cc(Cl)c2c1N=S=N2. The third-order valence-corrected chi connectivity index (χ3v) is 4.00. The standard InChI is InChI=1S/C12H13Cl2N3O2S/c1-12(2,11(18)19-3)5-15-8-6(13)4-7(14)9-10(8)17-20-16-9/h4,15H,5H2,1-3H3. The van der Waals surface area contributed by atoms with E-state index in [1.165, 1.54) is 7.11 Å². The second-order valence-electron chi connectivity index (χ2n) is 4.91. The summed E-state index contributed by atoms with van der Waals surface area (Å²) in [5, 5.41) is 4.03. The number of nitrogens with zero attached hydrogens (tertiary/aromatic N) is 2. The first-order chi connectivity index (χ1) is 9.36. The Morgan fingerprint density at radius 3 is 2.65 bits per heavy atom. The van der Waals surface area contributed by atoms with E-state index in [0.29, 0.717) is 33.7 Å². The third kappa shape index (κ3) is 2.82. The van der Waals surface area contributed by atoms with Crippen molar-refractivity contribution in [3.05, 3.63) is 16.1 Å². The van der Waals surface area contributed by atoms with Crippen molar-refractivity contribution in [1.82, 2.24) is 0 Å². The summed E-state index contributed by atoms with van der Waals surface area (Å²) in [6.07, 6.45) is 0. The van der Waals surface area contributed by atoms with Crippen molar-refractivity contribution in [2.75, 3.05) is 19.0 Å². The lowest BCUT2D eigenvalue weighted by molar-refractivity contribution is -0.149. The summed E-state index contributed by atoms with van der Waals surface area (Å²) in [6.45, 7) is 3.92. The smallest absolute Gasteiger partial charge is 0.313 e. The number of carbonyl (C=O) groups excluding carboxylic acids is 1. The molecule has 1 heterocycles. The summed E-state index contributed by atoms with van der Waals surface area (Å²) in [5.74, 6) is -0.303. The molecule has 0 spiro atoms. The highest BCUT2D eigenvalue weighted by molar-refractivity contribution is 7.58. The summed E-state index contributed by atoms with van der Waals surface area (Å²) in [7, 11) is 1.36. The van der Waals surface area contributed by atoms with Gasteiger partial charge in [0.2, 0.25) is 0 Å². The highest BCUT2D eigenvalue weighted by Gasteiger charge is 2.29. The van der Waals surface area contributed by atoms with E-state index in [0.717, 1.165) is 11.4 Å². The molecule has 5 nitrogen and oxygen atoms in total. The van der Waals surface area contributed by atoms with Gasteiger partial charge in [-0.2, -0.15) is 8.73 Å². The number of hydrogen-bond acceptors (Lipinski definition) is 5. The predicted octanol–water partition coefficient (Wildman–Crippen LogP) is 4.33. The van der Waals surface area contributed by atoms with Crippen LogP contribution in [0.25, 0.3) is 0 Å². The average Bonchev–Trinajstić information content (AvgIpc) is 2.86. The van der Waals surface area contributed by atoms with Gasteiger partial charge in [0.25, 0.3) is 0 Å². The molecule has 0 unspecified atom stereocenters. The number of hydrogen-bond donors (Lipinski definition) is 1. The molecule has 1 aliphatic rings. The molecule has 0 amide bonds. The summed E-state index contributed by atoms with van der Waals surface area (Å²) < 4.78 is 13.1. The molecule has 0 bridgehead atoms. The first-order valence-corrected chi connectivity index (χ1v) is 7.28. The van der Waals surface area contributed by atoms with Gasteiger partial charge in [-0.15, -0.1) is 0 Å². The van der Waals surface area contributed by atoms with Crippen LogP contribution in [0, 0.1) is 5.41 Å². The largest absolute Gasteiger partial charge is 0.469 e. The fourth-order valence-corrected chi connectivity index (χ4v) is 2.88. The maximum absolute atomic E-state index is 11.7. The molecule has 20 heavy (non-hydrogen) atoms. The average molecular weight is 334 g/mol. The Morgan fingerprint density at radius 2 is 2.00 bits per heavy atom. The quantitative estimate of drug-likeness (QED) is 0.847. The molecule has 0 saturated heterocycles. The van der Waals surface area contributed by atoms with Crippen LogP contribution in [0.4, 0.5) is 17.1 Å². The van der Waals surface area contributed by atoms with Crippen LogP contribution in [0.1, 0.15) is 13.8 Å². The van der Waals surface area contributed by atoms with Crippen molar-refractivity contribution < 1.29 is 9.53 Å². The number of benzene rings is 1. The molecule has 8 heteroatoms. The Bertz CT molecular complexity index is 640. The van der Waals surface area contributed by atoms with E-state index in [-0.39, 0.29) is 5.97 Å². The number of halogens is 2. The summed E-state index contributed by atoms with van der Waals surface area (Å²) in [5.41, 5.74) is 1.14. The lowest BCUT2D eigenvalue weighted by Gasteiger charge is -2.23. The number of anilines is 1. The zero-order valence-electron chi connectivity index (χ0n) is 11.2. The monoisotopic (exact) mass is 333 g/mol. The number of fused-ring (bicyclic) bond motifs is 1. The van der Waals surface area contributed by atoms with E-state index >= 15 is 0 Å². The molecule has 1 aromatic rings. The van der Waals surface area contributed by atoms with Gasteiger partial charge in [0, 0.05) is 6.54 Å². The number of carbonyl (C=O) groups is 1. The number of nitrogens with one attached hydrogen (secondary N) is 1. The number of esters is 1. The van der Waals surface area contributed by atoms with Crippen LogP contribution in [0.15, 0.2) is 14.8 Å². The van der Waals surface area contributed by atoms with E-state index in [9.17, 15) is 4.79 Å². The molecule has 0 fully saturated rings. The molecule has 1 aromatic carbocycles. The highest BCUT2D eigenvalue weighted by Crippen LogP contribution is 2.47. The Balaban J connectivity index is 2.26. The normalized spacial score (nSPS) is 12.8. The van der Waals surface area contributed by atoms with Gasteiger partial charge in [0.05, 0.1) is 39.6 Å². The molecule has 1 N–H and O–H groups in total. The van der Waals surface area contributed by atoms with Gasteiger partial charge in [-0.1, -0.05) is 23.2 Å². The first kappa shape index (κ1) is 15.3. The fraction of sp³-hybridized carbons (Fsp3) is 0.417. The summed E-state index contributed by atoms with van der Waals surface area (Å²) >= 11 is 13.3. The molecule has 0 radical (unpaired) electrons. The minimum absolute atomic E-state index is 0.303. The number of methoxy groups -OCH3 is 1. The van der Waals surface area contributed by atoms with E-state index in [4.69, 9.17) is 27.9 Å². The van der Waals surface area contributed by atoms with Gasteiger partial charge in [-0.3, -0.25) is 4.79 Å².